The van der Waals surface area contributed by atoms with Crippen LogP contribution in [0.2, 0.25) is 0 Å². The van der Waals surface area contributed by atoms with E-state index in [1.165, 1.54) is 0 Å². The average molecular weight is 340 g/mol. The van der Waals surface area contributed by atoms with Gasteiger partial charge in [-0.1, -0.05) is 0 Å². The predicted octanol–water partition coefficient (Wildman–Crippen LogP) is 3.07. The van der Waals surface area contributed by atoms with Crippen LogP contribution in [0.15, 0.2) is 27.4 Å². The van der Waals surface area contributed by atoms with Gasteiger partial charge in [0.2, 0.25) is 0 Å². The number of nitrogen functional groups attached to an aromatic ring is 1. The number of nitrogens with two attached hydrogens (primary N) is 1. The quantitative estimate of drug-likeness (QED) is 0.934. The number of aromatic nitrogens is 1. The van der Waals surface area contributed by atoms with Crippen molar-refractivity contribution >= 4 is 39.0 Å². The first kappa shape index (κ1) is 14.0. The topological polar surface area (TPSA) is 59.2 Å². The van der Waals surface area contributed by atoms with Gasteiger partial charge in [-0.15, -0.1) is 11.3 Å². The standard InChI is InChI=1S/C13H14BrN3OS/c1-8-3-10(5-12(15)16-8)13(18)17(2)6-9-4-11(14)19-7-9/h3-5,7H,6H2,1-2H3,(H2,15,16). The van der Waals surface area contributed by atoms with E-state index in [2.05, 4.69) is 20.9 Å². The number of rotatable bonds is 3. The largest absolute Gasteiger partial charge is 0.384 e. The van der Waals surface area contributed by atoms with Crippen LogP contribution in [-0.4, -0.2) is 22.8 Å². The molecule has 0 saturated carbocycles. The van der Waals surface area contributed by atoms with Crippen LogP contribution < -0.4 is 5.73 Å². The minimum absolute atomic E-state index is 0.0560. The highest BCUT2D eigenvalue weighted by Gasteiger charge is 2.14. The summed E-state index contributed by atoms with van der Waals surface area (Å²) in [5.41, 5.74) is 8.09. The Balaban J connectivity index is 2.14. The van der Waals surface area contributed by atoms with Crippen molar-refractivity contribution < 1.29 is 4.79 Å². The number of carbonyl (C=O) groups is 1. The Morgan fingerprint density at radius 1 is 1.47 bits per heavy atom. The summed E-state index contributed by atoms with van der Waals surface area (Å²) in [4.78, 5) is 18.0. The number of nitrogens with zero attached hydrogens (tertiary/aromatic N) is 2. The second-order valence-electron chi connectivity index (χ2n) is 4.34. The first-order valence-corrected chi connectivity index (χ1v) is 7.35. The molecule has 2 rings (SSSR count). The molecule has 100 valence electrons. The smallest absolute Gasteiger partial charge is 0.254 e. The van der Waals surface area contributed by atoms with Gasteiger partial charge < -0.3 is 10.6 Å². The van der Waals surface area contributed by atoms with Crippen molar-refractivity contribution in [3.8, 4) is 0 Å². The van der Waals surface area contributed by atoms with Crippen LogP contribution in [0.1, 0.15) is 21.6 Å². The van der Waals surface area contributed by atoms with Crippen LogP contribution in [0.3, 0.4) is 0 Å². The number of anilines is 1. The fraction of sp³-hybridized carbons (Fsp3) is 0.231. The first-order chi connectivity index (χ1) is 8.95. The number of hydrogen-bond donors (Lipinski definition) is 1. The van der Waals surface area contributed by atoms with Gasteiger partial charge in [0.15, 0.2) is 0 Å². The molecule has 0 aliphatic carbocycles. The molecule has 1 amide bonds. The van der Waals surface area contributed by atoms with Crippen molar-refractivity contribution in [2.24, 2.45) is 0 Å². The SMILES string of the molecule is Cc1cc(C(=O)N(C)Cc2csc(Br)c2)cc(N)n1. The maximum Gasteiger partial charge on any atom is 0.254 e. The van der Waals surface area contributed by atoms with E-state index in [4.69, 9.17) is 5.73 Å². The second kappa shape index (κ2) is 5.71. The molecule has 0 saturated heterocycles. The third-order valence-corrected chi connectivity index (χ3v) is 4.16. The first-order valence-electron chi connectivity index (χ1n) is 5.68. The summed E-state index contributed by atoms with van der Waals surface area (Å²) in [7, 11) is 1.78. The maximum absolute atomic E-state index is 12.3. The van der Waals surface area contributed by atoms with Crippen LogP contribution in [0.5, 0.6) is 0 Å². The fourth-order valence-electron chi connectivity index (χ4n) is 1.81. The van der Waals surface area contributed by atoms with Gasteiger partial charge in [-0.2, -0.15) is 0 Å². The van der Waals surface area contributed by atoms with E-state index < -0.39 is 0 Å². The second-order valence-corrected chi connectivity index (χ2v) is 6.63. The maximum atomic E-state index is 12.3. The molecule has 0 bridgehead atoms. The molecule has 0 unspecified atom stereocenters. The van der Waals surface area contributed by atoms with Crippen molar-refractivity contribution in [1.29, 1.82) is 0 Å². The van der Waals surface area contributed by atoms with Crippen molar-refractivity contribution in [2.45, 2.75) is 13.5 Å². The summed E-state index contributed by atoms with van der Waals surface area (Å²) in [5.74, 6) is 0.314. The number of pyridine rings is 1. The highest BCUT2D eigenvalue weighted by molar-refractivity contribution is 9.11. The molecule has 2 heterocycles. The predicted molar refractivity (Wildman–Crippen MR) is 81.2 cm³/mol. The van der Waals surface area contributed by atoms with Gasteiger partial charge in [0.05, 0.1) is 3.79 Å². The summed E-state index contributed by atoms with van der Waals surface area (Å²) >= 11 is 5.02. The lowest BCUT2D eigenvalue weighted by atomic mass is 10.2. The lowest BCUT2D eigenvalue weighted by molar-refractivity contribution is 0.0785. The minimum atomic E-state index is -0.0560. The van der Waals surface area contributed by atoms with E-state index in [1.54, 1.807) is 35.4 Å². The lowest BCUT2D eigenvalue weighted by Gasteiger charge is -2.17. The zero-order valence-corrected chi connectivity index (χ0v) is 13.1. The zero-order valence-electron chi connectivity index (χ0n) is 10.7. The van der Waals surface area contributed by atoms with Crippen LogP contribution in [0, 0.1) is 6.92 Å². The average Bonchev–Trinajstić information content (AvgIpc) is 2.72. The van der Waals surface area contributed by atoms with E-state index in [-0.39, 0.29) is 5.91 Å². The number of amides is 1. The third kappa shape index (κ3) is 3.54. The Labute approximate surface area is 124 Å². The molecular weight excluding hydrogens is 326 g/mol. The molecule has 0 aromatic carbocycles. The van der Waals surface area contributed by atoms with E-state index in [0.717, 1.165) is 15.0 Å². The zero-order chi connectivity index (χ0) is 14.0. The number of aryl methyl sites for hydroxylation is 1. The van der Waals surface area contributed by atoms with Crippen LogP contribution in [0.4, 0.5) is 5.82 Å². The van der Waals surface area contributed by atoms with Gasteiger partial charge in [0.1, 0.15) is 5.82 Å². The normalized spacial score (nSPS) is 10.5. The molecule has 2 aromatic heterocycles. The van der Waals surface area contributed by atoms with Crippen LogP contribution in [0.25, 0.3) is 0 Å². The van der Waals surface area contributed by atoms with Crippen molar-refractivity contribution in [2.75, 3.05) is 12.8 Å². The summed E-state index contributed by atoms with van der Waals surface area (Å²) < 4.78 is 1.06. The molecule has 2 N–H and O–H groups in total. The number of hydrogen-bond acceptors (Lipinski definition) is 4. The van der Waals surface area contributed by atoms with E-state index in [1.807, 2.05) is 18.4 Å². The third-order valence-electron chi connectivity index (χ3n) is 2.61. The molecule has 6 heteroatoms. The Bertz CT molecular complexity index is 591. The molecule has 0 fully saturated rings. The van der Waals surface area contributed by atoms with Crippen LogP contribution >= 0.6 is 27.3 Å². The van der Waals surface area contributed by atoms with E-state index >= 15 is 0 Å². The van der Waals surface area contributed by atoms with Crippen LogP contribution in [-0.2, 0) is 6.54 Å². The molecule has 0 aliphatic rings. The van der Waals surface area contributed by atoms with Gasteiger partial charge in [-0.25, -0.2) is 4.98 Å². The summed E-state index contributed by atoms with van der Waals surface area (Å²) in [6.07, 6.45) is 0. The Hall–Kier alpha value is -1.40. The number of halogens is 1. The molecule has 0 spiro atoms. The minimum Gasteiger partial charge on any atom is -0.384 e. The van der Waals surface area contributed by atoms with E-state index in [9.17, 15) is 4.79 Å². The monoisotopic (exact) mass is 339 g/mol. The summed E-state index contributed by atoms with van der Waals surface area (Å²) in [5, 5.41) is 2.03. The highest BCUT2D eigenvalue weighted by Crippen LogP contribution is 2.22. The summed E-state index contributed by atoms with van der Waals surface area (Å²) in [6.45, 7) is 2.39. The number of carbonyl (C=O) groups excluding carboxylic acids is 1. The summed E-state index contributed by atoms with van der Waals surface area (Å²) in [6, 6.07) is 5.37. The van der Waals surface area contributed by atoms with Gasteiger partial charge in [0.25, 0.3) is 5.91 Å². The van der Waals surface area contributed by atoms with Gasteiger partial charge in [0, 0.05) is 24.8 Å². The highest BCUT2D eigenvalue weighted by atomic mass is 79.9. The fourth-order valence-corrected chi connectivity index (χ4v) is 3.01. The molecular formula is C13H14BrN3OS. The molecule has 0 atom stereocenters. The molecule has 19 heavy (non-hydrogen) atoms. The van der Waals surface area contributed by atoms with Gasteiger partial charge in [-0.3, -0.25) is 4.79 Å². The Morgan fingerprint density at radius 2 is 2.21 bits per heavy atom. The molecule has 0 radical (unpaired) electrons. The van der Waals surface area contributed by atoms with Crippen molar-refractivity contribution in [3.63, 3.8) is 0 Å². The Morgan fingerprint density at radius 3 is 2.79 bits per heavy atom. The molecule has 0 aliphatic heterocycles. The van der Waals surface area contributed by atoms with Crippen molar-refractivity contribution in [3.05, 3.63) is 44.2 Å². The van der Waals surface area contributed by atoms with Crippen molar-refractivity contribution in [1.82, 2.24) is 9.88 Å². The molecule has 2 aromatic rings. The number of thiophene rings is 1. The molecule has 4 nitrogen and oxygen atoms in total. The Kier molecular flexibility index (Phi) is 4.21. The van der Waals surface area contributed by atoms with E-state index in [0.29, 0.717) is 17.9 Å². The van der Waals surface area contributed by atoms with Gasteiger partial charge >= 0.3 is 0 Å². The lowest BCUT2D eigenvalue weighted by Crippen LogP contribution is -2.26. The van der Waals surface area contributed by atoms with Gasteiger partial charge in [-0.05, 0) is 52.0 Å².